The Morgan fingerprint density at radius 2 is 2.33 bits per heavy atom. The number of likely N-dealkylation sites (N-methyl/N-ethyl adjacent to an activating group) is 1. The van der Waals surface area contributed by atoms with Crippen molar-refractivity contribution in [2.75, 3.05) is 25.1 Å². The van der Waals surface area contributed by atoms with E-state index >= 15 is 0 Å². The molecule has 0 atom stereocenters. The van der Waals surface area contributed by atoms with Gasteiger partial charge in [-0.2, -0.15) is 0 Å². The molecular weight excluding hydrogens is 232 g/mol. The fraction of sp³-hybridized carbons (Fsp3) is 0.500. The molecule has 100 valence electrons. The lowest BCUT2D eigenvalue weighted by atomic mass is 10.2. The highest BCUT2D eigenvalue weighted by molar-refractivity contribution is 6.00. The zero-order chi connectivity index (χ0) is 13.5. The summed E-state index contributed by atoms with van der Waals surface area (Å²) in [5.41, 5.74) is 6.86. The van der Waals surface area contributed by atoms with E-state index < -0.39 is 0 Å². The van der Waals surface area contributed by atoms with Crippen LogP contribution in [0.1, 0.15) is 19.5 Å². The van der Waals surface area contributed by atoms with Gasteiger partial charge in [0.1, 0.15) is 5.69 Å². The minimum atomic E-state index is 0.00206. The van der Waals surface area contributed by atoms with Gasteiger partial charge in [0.25, 0.3) is 0 Å². The van der Waals surface area contributed by atoms with Crippen molar-refractivity contribution in [2.45, 2.75) is 20.0 Å². The number of anilines is 1. The Balaban J connectivity index is 2.76. The molecule has 0 aliphatic carbocycles. The molecule has 0 aromatic carbocycles. The Labute approximate surface area is 107 Å². The zero-order valence-corrected chi connectivity index (χ0v) is 11.0. The number of ether oxygens (including phenoxy) is 1. The van der Waals surface area contributed by atoms with E-state index in [1.165, 1.54) is 0 Å². The summed E-state index contributed by atoms with van der Waals surface area (Å²) in [7, 11) is 1.91. The van der Waals surface area contributed by atoms with E-state index in [4.69, 9.17) is 15.7 Å². The molecule has 0 aliphatic rings. The summed E-state index contributed by atoms with van der Waals surface area (Å²) in [6, 6.07) is 3.68. The maximum atomic E-state index is 8.72. The van der Waals surface area contributed by atoms with Crippen LogP contribution in [0.15, 0.2) is 23.5 Å². The second-order valence-electron chi connectivity index (χ2n) is 4.20. The first-order valence-electron chi connectivity index (χ1n) is 5.82. The molecule has 1 aromatic heterocycles. The van der Waals surface area contributed by atoms with E-state index in [9.17, 15) is 0 Å². The van der Waals surface area contributed by atoms with Crippen molar-refractivity contribution in [3.63, 3.8) is 0 Å². The summed E-state index contributed by atoms with van der Waals surface area (Å²) >= 11 is 0. The van der Waals surface area contributed by atoms with Crippen LogP contribution < -0.4 is 10.6 Å². The summed E-state index contributed by atoms with van der Waals surface area (Å²) < 4.78 is 5.49. The standard InChI is InChI=1S/C12H20N4O2/c1-9(2)18-8-7-16(3)10-5-4-6-14-11(10)12(13)15-17/h4-6,9,17H,7-8H2,1-3H3,(H2,13,15). The summed E-state index contributed by atoms with van der Waals surface area (Å²) in [5.74, 6) is 0.00206. The van der Waals surface area contributed by atoms with Gasteiger partial charge in [-0.25, -0.2) is 0 Å². The molecule has 0 saturated heterocycles. The zero-order valence-electron chi connectivity index (χ0n) is 11.0. The number of hydrogen-bond acceptors (Lipinski definition) is 5. The summed E-state index contributed by atoms with van der Waals surface area (Å²) in [4.78, 5) is 6.08. The van der Waals surface area contributed by atoms with Gasteiger partial charge in [0.2, 0.25) is 0 Å². The number of rotatable bonds is 6. The molecule has 1 rings (SSSR count). The summed E-state index contributed by atoms with van der Waals surface area (Å²) in [6.07, 6.45) is 1.81. The van der Waals surface area contributed by atoms with Crippen LogP contribution in [0.5, 0.6) is 0 Å². The number of amidine groups is 1. The van der Waals surface area contributed by atoms with Gasteiger partial charge in [-0.05, 0) is 26.0 Å². The Kier molecular flexibility index (Phi) is 5.38. The Morgan fingerprint density at radius 1 is 1.61 bits per heavy atom. The lowest BCUT2D eigenvalue weighted by Gasteiger charge is -2.21. The Hall–Kier alpha value is -1.82. The van der Waals surface area contributed by atoms with Crippen molar-refractivity contribution in [3.8, 4) is 0 Å². The van der Waals surface area contributed by atoms with Gasteiger partial charge in [-0.15, -0.1) is 0 Å². The fourth-order valence-corrected chi connectivity index (χ4v) is 1.50. The van der Waals surface area contributed by atoms with Crippen LogP contribution in [0.25, 0.3) is 0 Å². The Bertz CT molecular complexity index is 407. The number of nitrogens with two attached hydrogens (primary N) is 1. The van der Waals surface area contributed by atoms with Crippen molar-refractivity contribution in [1.82, 2.24) is 4.98 Å². The van der Waals surface area contributed by atoms with Gasteiger partial charge in [0.15, 0.2) is 5.84 Å². The van der Waals surface area contributed by atoms with Gasteiger partial charge in [0.05, 0.1) is 18.4 Å². The number of pyridine rings is 1. The van der Waals surface area contributed by atoms with Gasteiger partial charge in [0, 0.05) is 19.8 Å². The third-order valence-corrected chi connectivity index (χ3v) is 2.43. The average molecular weight is 252 g/mol. The smallest absolute Gasteiger partial charge is 0.190 e. The van der Waals surface area contributed by atoms with E-state index in [-0.39, 0.29) is 11.9 Å². The SMILES string of the molecule is CC(C)OCCN(C)c1cccnc1/C(N)=N/O. The van der Waals surface area contributed by atoms with E-state index in [0.717, 1.165) is 5.69 Å². The molecule has 1 heterocycles. The monoisotopic (exact) mass is 252 g/mol. The minimum absolute atomic E-state index is 0.00206. The maximum absolute atomic E-state index is 8.72. The van der Waals surface area contributed by atoms with E-state index in [0.29, 0.717) is 18.8 Å². The molecule has 0 bridgehead atoms. The number of oxime groups is 1. The van der Waals surface area contributed by atoms with Crippen LogP contribution >= 0.6 is 0 Å². The predicted octanol–water partition coefficient (Wildman–Crippen LogP) is 1.04. The molecule has 0 unspecified atom stereocenters. The molecule has 0 spiro atoms. The first kappa shape index (κ1) is 14.2. The maximum Gasteiger partial charge on any atom is 0.190 e. The molecule has 18 heavy (non-hydrogen) atoms. The molecular formula is C12H20N4O2. The van der Waals surface area contributed by atoms with Crippen LogP contribution in [0, 0.1) is 0 Å². The molecule has 0 fully saturated rings. The third kappa shape index (κ3) is 3.89. The van der Waals surface area contributed by atoms with Crippen molar-refractivity contribution in [2.24, 2.45) is 10.9 Å². The number of nitrogens with zero attached hydrogens (tertiary/aromatic N) is 3. The highest BCUT2D eigenvalue weighted by Gasteiger charge is 2.11. The second kappa shape index (κ2) is 6.80. The average Bonchev–Trinajstić information content (AvgIpc) is 2.37. The van der Waals surface area contributed by atoms with Crippen LogP contribution in [-0.4, -0.2) is 42.3 Å². The van der Waals surface area contributed by atoms with E-state index in [2.05, 4.69) is 10.1 Å². The number of aromatic nitrogens is 1. The lowest BCUT2D eigenvalue weighted by molar-refractivity contribution is 0.0846. The molecule has 6 heteroatoms. The predicted molar refractivity (Wildman–Crippen MR) is 71.1 cm³/mol. The first-order valence-corrected chi connectivity index (χ1v) is 5.82. The molecule has 3 N–H and O–H groups in total. The fourth-order valence-electron chi connectivity index (χ4n) is 1.50. The van der Waals surface area contributed by atoms with Crippen molar-refractivity contribution in [1.29, 1.82) is 0 Å². The first-order chi connectivity index (χ1) is 8.56. The van der Waals surface area contributed by atoms with Crippen molar-refractivity contribution >= 4 is 11.5 Å². The van der Waals surface area contributed by atoms with Gasteiger partial charge in [-0.3, -0.25) is 4.98 Å². The highest BCUT2D eigenvalue weighted by Crippen LogP contribution is 2.16. The largest absolute Gasteiger partial charge is 0.409 e. The van der Waals surface area contributed by atoms with Crippen molar-refractivity contribution < 1.29 is 9.94 Å². The summed E-state index contributed by atoms with van der Waals surface area (Å²) in [5, 5.41) is 11.7. The van der Waals surface area contributed by atoms with Gasteiger partial charge >= 0.3 is 0 Å². The normalized spacial score (nSPS) is 11.9. The van der Waals surface area contributed by atoms with Crippen molar-refractivity contribution in [3.05, 3.63) is 24.0 Å². The van der Waals surface area contributed by atoms with Crippen LogP contribution in [0.3, 0.4) is 0 Å². The molecule has 1 aromatic rings. The van der Waals surface area contributed by atoms with Crippen LogP contribution in [0.2, 0.25) is 0 Å². The van der Waals surface area contributed by atoms with Gasteiger partial charge < -0.3 is 20.6 Å². The topological polar surface area (TPSA) is 84.0 Å². The van der Waals surface area contributed by atoms with E-state index in [1.54, 1.807) is 6.20 Å². The van der Waals surface area contributed by atoms with E-state index in [1.807, 2.05) is 37.9 Å². The molecule has 0 amide bonds. The van der Waals surface area contributed by atoms with Crippen LogP contribution in [0.4, 0.5) is 5.69 Å². The number of hydrogen-bond donors (Lipinski definition) is 2. The molecule has 0 radical (unpaired) electrons. The molecule has 0 saturated carbocycles. The molecule has 0 aliphatic heterocycles. The quantitative estimate of drug-likeness (QED) is 0.342. The lowest BCUT2D eigenvalue weighted by Crippen LogP contribution is -2.27. The van der Waals surface area contributed by atoms with Gasteiger partial charge in [-0.1, -0.05) is 5.16 Å². The highest BCUT2D eigenvalue weighted by atomic mass is 16.5. The minimum Gasteiger partial charge on any atom is -0.409 e. The summed E-state index contributed by atoms with van der Waals surface area (Å²) in [6.45, 7) is 5.30. The third-order valence-electron chi connectivity index (χ3n) is 2.43. The Morgan fingerprint density at radius 3 is 2.94 bits per heavy atom. The molecule has 6 nitrogen and oxygen atoms in total. The van der Waals surface area contributed by atoms with Crippen LogP contribution in [-0.2, 0) is 4.74 Å². The second-order valence-corrected chi connectivity index (χ2v) is 4.20.